The number of nitrogens with one attached hydrogen (secondary N) is 1. The number of nitrogens with two attached hydrogens (primary N) is 1. The fourth-order valence-corrected chi connectivity index (χ4v) is 3.76. The summed E-state index contributed by atoms with van der Waals surface area (Å²) in [5, 5.41) is 3.75. The molecule has 132 valence electrons. The third-order valence-electron chi connectivity index (χ3n) is 3.96. The van der Waals surface area contributed by atoms with Gasteiger partial charge in [0.25, 0.3) is 0 Å². The molecule has 0 bridgehead atoms. The van der Waals surface area contributed by atoms with Crippen LogP contribution in [-0.4, -0.2) is 48.6 Å². The zero-order chi connectivity index (χ0) is 17.4. The average Bonchev–Trinajstić information content (AvgIpc) is 2.55. The molecule has 0 aromatic heterocycles. The van der Waals surface area contributed by atoms with Gasteiger partial charge in [-0.25, -0.2) is 0 Å². The molecular formula is C17H24ClN3O2S. The summed E-state index contributed by atoms with van der Waals surface area (Å²) in [6.07, 6.45) is 2.72. The second kappa shape index (κ2) is 9.91. The van der Waals surface area contributed by atoms with Gasteiger partial charge in [-0.15, -0.1) is 11.8 Å². The maximum absolute atomic E-state index is 12.2. The lowest BCUT2D eigenvalue weighted by Crippen LogP contribution is -2.45. The van der Waals surface area contributed by atoms with Crippen LogP contribution in [0.2, 0.25) is 5.02 Å². The van der Waals surface area contributed by atoms with E-state index in [2.05, 4.69) is 5.32 Å². The van der Waals surface area contributed by atoms with Crippen LogP contribution in [0.25, 0.3) is 0 Å². The number of halogens is 1. The monoisotopic (exact) mass is 369 g/mol. The summed E-state index contributed by atoms with van der Waals surface area (Å²) in [4.78, 5) is 26.4. The van der Waals surface area contributed by atoms with Gasteiger partial charge in [0, 0.05) is 23.0 Å². The molecule has 5 nitrogen and oxygen atoms in total. The number of hydrogen-bond acceptors (Lipinski definition) is 4. The van der Waals surface area contributed by atoms with Crippen LogP contribution in [0.1, 0.15) is 19.3 Å². The summed E-state index contributed by atoms with van der Waals surface area (Å²) >= 11 is 7.61. The predicted octanol–water partition coefficient (Wildman–Crippen LogP) is 2.14. The fourth-order valence-electron chi connectivity index (χ4n) is 2.78. The summed E-state index contributed by atoms with van der Waals surface area (Å²) in [6, 6.07) is 7.76. The standard InChI is InChI=1S/C17H24ClN3O2S/c18-14-4-6-15(7-5-14)24-10-2-8-20-17(23)13-3-1-9-21(11-13)12-16(19)22/h4-7,13H,1-3,8-12H2,(H2,19,22)(H,20,23). The van der Waals surface area contributed by atoms with Crippen LogP contribution in [0, 0.1) is 5.92 Å². The first-order valence-corrected chi connectivity index (χ1v) is 9.57. The topological polar surface area (TPSA) is 75.4 Å². The van der Waals surface area contributed by atoms with E-state index in [1.807, 2.05) is 29.2 Å². The van der Waals surface area contributed by atoms with Gasteiger partial charge in [0.15, 0.2) is 0 Å². The van der Waals surface area contributed by atoms with Gasteiger partial charge in [0.2, 0.25) is 11.8 Å². The van der Waals surface area contributed by atoms with Crippen LogP contribution in [-0.2, 0) is 9.59 Å². The number of benzene rings is 1. The number of nitrogens with zero attached hydrogens (tertiary/aromatic N) is 1. The largest absolute Gasteiger partial charge is 0.369 e. The number of primary amides is 1. The Hall–Kier alpha value is -1.24. The van der Waals surface area contributed by atoms with E-state index in [1.54, 1.807) is 11.8 Å². The molecule has 1 atom stereocenters. The van der Waals surface area contributed by atoms with Gasteiger partial charge < -0.3 is 11.1 Å². The highest BCUT2D eigenvalue weighted by Crippen LogP contribution is 2.21. The van der Waals surface area contributed by atoms with Crippen molar-refractivity contribution in [3.8, 4) is 0 Å². The minimum absolute atomic E-state index is 0.0398. The number of carbonyl (C=O) groups is 2. The zero-order valence-corrected chi connectivity index (χ0v) is 15.2. The molecule has 0 spiro atoms. The van der Waals surface area contributed by atoms with Crippen molar-refractivity contribution in [3.63, 3.8) is 0 Å². The number of hydrogen-bond donors (Lipinski definition) is 2. The van der Waals surface area contributed by atoms with Crippen molar-refractivity contribution in [2.45, 2.75) is 24.2 Å². The first-order valence-electron chi connectivity index (χ1n) is 8.21. The van der Waals surface area contributed by atoms with E-state index >= 15 is 0 Å². The molecule has 2 rings (SSSR count). The van der Waals surface area contributed by atoms with Crippen LogP contribution >= 0.6 is 23.4 Å². The number of piperidine rings is 1. The van der Waals surface area contributed by atoms with Crippen LogP contribution in [0.15, 0.2) is 29.2 Å². The second-order valence-electron chi connectivity index (χ2n) is 5.99. The summed E-state index contributed by atoms with van der Waals surface area (Å²) < 4.78 is 0. The third-order valence-corrected chi connectivity index (χ3v) is 5.31. The molecule has 7 heteroatoms. The molecule has 1 aromatic carbocycles. The summed E-state index contributed by atoms with van der Waals surface area (Å²) in [7, 11) is 0. The van der Waals surface area contributed by atoms with Gasteiger partial charge in [-0.3, -0.25) is 14.5 Å². The molecule has 0 saturated carbocycles. The lowest BCUT2D eigenvalue weighted by Gasteiger charge is -2.30. The number of carbonyl (C=O) groups excluding carboxylic acids is 2. The van der Waals surface area contributed by atoms with Crippen molar-refractivity contribution in [2.75, 3.05) is 31.9 Å². The molecule has 0 radical (unpaired) electrons. The molecule has 2 amide bonds. The van der Waals surface area contributed by atoms with Gasteiger partial charge in [-0.1, -0.05) is 11.6 Å². The molecule has 1 saturated heterocycles. The Labute approximate surface area is 152 Å². The molecule has 1 aromatic rings. The van der Waals surface area contributed by atoms with Crippen LogP contribution < -0.4 is 11.1 Å². The minimum Gasteiger partial charge on any atom is -0.369 e. The third kappa shape index (κ3) is 6.71. The van der Waals surface area contributed by atoms with Crippen LogP contribution in [0.3, 0.4) is 0 Å². The fraction of sp³-hybridized carbons (Fsp3) is 0.529. The normalized spacial score (nSPS) is 18.3. The molecule has 1 fully saturated rings. The first kappa shape index (κ1) is 19.1. The number of thioether (sulfide) groups is 1. The molecule has 0 aliphatic carbocycles. The van der Waals surface area contributed by atoms with E-state index in [-0.39, 0.29) is 24.3 Å². The van der Waals surface area contributed by atoms with E-state index in [9.17, 15) is 9.59 Å². The molecule has 1 aliphatic rings. The Bertz CT molecular complexity index is 553. The lowest BCUT2D eigenvalue weighted by molar-refractivity contribution is -0.128. The molecular weight excluding hydrogens is 346 g/mol. The Kier molecular flexibility index (Phi) is 7.88. The van der Waals surface area contributed by atoms with Gasteiger partial charge in [0.1, 0.15) is 0 Å². The van der Waals surface area contributed by atoms with Crippen molar-refractivity contribution >= 4 is 35.2 Å². The molecule has 3 N–H and O–H groups in total. The van der Waals surface area contributed by atoms with Gasteiger partial charge in [-0.2, -0.15) is 0 Å². The zero-order valence-electron chi connectivity index (χ0n) is 13.7. The molecule has 1 aliphatic heterocycles. The minimum atomic E-state index is -0.338. The lowest BCUT2D eigenvalue weighted by atomic mass is 9.97. The van der Waals surface area contributed by atoms with E-state index in [0.717, 1.165) is 36.6 Å². The van der Waals surface area contributed by atoms with E-state index in [4.69, 9.17) is 17.3 Å². The summed E-state index contributed by atoms with van der Waals surface area (Å²) in [6.45, 7) is 2.37. The van der Waals surface area contributed by atoms with Crippen molar-refractivity contribution in [1.29, 1.82) is 0 Å². The molecule has 24 heavy (non-hydrogen) atoms. The van der Waals surface area contributed by atoms with Crippen molar-refractivity contribution in [1.82, 2.24) is 10.2 Å². The maximum atomic E-state index is 12.2. The van der Waals surface area contributed by atoms with Crippen molar-refractivity contribution in [2.24, 2.45) is 11.7 Å². The van der Waals surface area contributed by atoms with Crippen molar-refractivity contribution < 1.29 is 9.59 Å². The number of rotatable bonds is 8. The Morgan fingerprint density at radius 3 is 2.79 bits per heavy atom. The van der Waals surface area contributed by atoms with Gasteiger partial charge in [0.05, 0.1) is 12.5 Å². The summed E-state index contributed by atoms with van der Waals surface area (Å²) in [5.74, 6) is 0.651. The van der Waals surface area contributed by atoms with Crippen molar-refractivity contribution in [3.05, 3.63) is 29.3 Å². The highest BCUT2D eigenvalue weighted by molar-refractivity contribution is 7.99. The van der Waals surface area contributed by atoms with E-state index < -0.39 is 0 Å². The molecule has 1 heterocycles. The van der Waals surface area contributed by atoms with Crippen LogP contribution in [0.5, 0.6) is 0 Å². The predicted molar refractivity (Wildman–Crippen MR) is 98.2 cm³/mol. The van der Waals surface area contributed by atoms with E-state index in [1.165, 1.54) is 4.90 Å². The average molecular weight is 370 g/mol. The Morgan fingerprint density at radius 2 is 2.08 bits per heavy atom. The number of amides is 2. The SMILES string of the molecule is NC(=O)CN1CCCC(C(=O)NCCCSc2ccc(Cl)cc2)C1. The van der Waals surface area contributed by atoms with E-state index in [0.29, 0.717) is 13.1 Å². The maximum Gasteiger partial charge on any atom is 0.231 e. The van der Waals surface area contributed by atoms with Gasteiger partial charge >= 0.3 is 0 Å². The van der Waals surface area contributed by atoms with Crippen LogP contribution in [0.4, 0.5) is 0 Å². The Balaban J connectivity index is 1.62. The quantitative estimate of drug-likeness (QED) is 0.543. The number of likely N-dealkylation sites (tertiary alicyclic amines) is 1. The molecule has 1 unspecified atom stereocenters. The smallest absolute Gasteiger partial charge is 0.231 e. The summed E-state index contributed by atoms with van der Waals surface area (Å²) in [5.41, 5.74) is 5.22. The first-order chi connectivity index (χ1) is 11.5. The van der Waals surface area contributed by atoms with Gasteiger partial charge in [-0.05, 0) is 55.8 Å². The highest BCUT2D eigenvalue weighted by atomic mass is 35.5. The highest BCUT2D eigenvalue weighted by Gasteiger charge is 2.25. The second-order valence-corrected chi connectivity index (χ2v) is 7.59. The Morgan fingerprint density at radius 1 is 1.33 bits per heavy atom.